The van der Waals surface area contributed by atoms with Gasteiger partial charge in [0.1, 0.15) is 13.2 Å². The predicted octanol–water partition coefficient (Wildman–Crippen LogP) is 1.61. The third-order valence-corrected chi connectivity index (χ3v) is 4.95. The summed E-state index contributed by atoms with van der Waals surface area (Å²) in [6.07, 6.45) is 0. The minimum atomic E-state index is -0.283. The van der Waals surface area contributed by atoms with Crippen molar-refractivity contribution in [3.8, 4) is 11.5 Å². The van der Waals surface area contributed by atoms with Crippen LogP contribution in [0.2, 0.25) is 0 Å². The molecule has 1 aromatic carbocycles. The van der Waals surface area contributed by atoms with Crippen LogP contribution in [0.1, 0.15) is 24.3 Å². The van der Waals surface area contributed by atoms with E-state index < -0.39 is 0 Å². The van der Waals surface area contributed by atoms with Crippen molar-refractivity contribution < 1.29 is 19.2 Å². The zero-order chi connectivity index (χ0) is 17.5. The molecule has 0 aliphatic carbocycles. The third-order valence-electron chi connectivity index (χ3n) is 4.10. The molecule has 24 heavy (non-hydrogen) atoms. The summed E-state index contributed by atoms with van der Waals surface area (Å²) in [7, 11) is 1.63. The first-order valence-corrected chi connectivity index (χ1v) is 8.89. The fraction of sp³-hybridized carbons (Fsp3) is 0.389. The molecule has 2 rings (SSSR count). The van der Waals surface area contributed by atoms with Crippen molar-refractivity contribution in [2.45, 2.75) is 33.0 Å². The van der Waals surface area contributed by atoms with Gasteiger partial charge >= 0.3 is 0 Å². The van der Waals surface area contributed by atoms with E-state index in [1.54, 1.807) is 18.4 Å². The Morgan fingerprint density at radius 2 is 2.12 bits per heavy atom. The lowest BCUT2D eigenvalue weighted by Crippen LogP contribution is -3.15. The second kappa shape index (κ2) is 8.70. The number of ether oxygens (including phenoxy) is 2. The molecule has 1 aromatic heterocycles. The highest BCUT2D eigenvalue weighted by Gasteiger charge is 2.21. The highest BCUT2D eigenvalue weighted by molar-refractivity contribution is 7.09. The number of carbonyl (C=O) groups excluding carboxylic acids is 1. The van der Waals surface area contributed by atoms with Crippen molar-refractivity contribution in [3.05, 3.63) is 46.2 Å². The SMILES string of the molecule is CC[NH+](Cc1ccc(OCc2cccs2)c(OC)c1)[C@@H](C)C(N)=O. The van der Waals surface area contributed by atoms with Gasteiger partial charge in [-0.2, -0.15) is 0 Å². The lowest BCUT2D eigenvalue weighted by molar-refractivity contribution is -0.926. The van der Waals surface area contributed by atoms with Gasteiger partial charge in [0.25, 0.3) is 5.91 Å². The average Bonchev–Trinajstić information content (AvgIpc) is 3.11. The number of rotatable bonds is 9. The first-order valence-electron chi connectivity index (χ1n) is 8.01. The Morgan fingerprint density at radius 3 is 2.71 bits per heavy atom. The van der Waals surface area contributed by atoms with Crippen molar-refractivity contribution in [2.75, 3.05) is 13.7 Å². The zero-order valence-electron chi connectivity index (χ0n) is 14.4. The molecule has 6 heteroatoms. The molecule has 0 saturated carbocycles. The van der Waals surface area contributed by atoms with Gasteiger partial charge < -0.3 is 20.1 Å². The van der Waals surface area contributed by atoms with Crippen molar-refractivity contribution in [1.29, 1.82) is 0 Å². The lowest BCUT2D eigenvalue weighted by atomic mass is 10.1. The first kappa shape index (κ1) is 18.3. The summed E-state index contributed by atoms with van der Waals surface area (Å²) in [5, 5.41) is 2.03. The number of carbonyl (C=O) groups is 1. The minimum Gasteiger partial charge on any atom is -0.493 e. The van der Waals surface area contributed by atoms with Crippen molar-refractivity contribution in [1.82, 2.24) is 0 Å². The number of hydrogen-bond donors (Lipinski definition) is 2. The van der Waals surface area contributed by atoms with Crippen LogP contribution in [0.3, 0.4) is 0 Å². The van der Waals surface area contributed by atoms with Crippen LogP contribution < -0.4 is 20.1 Å². The number of nitrogens with two attached hydrogens (primary N) is 1. The predicted molar refractivity (Wildman–Crippen MR) is 95.5 cm³/mol. The summed E-state index contributed by atoms with van der Waals surface area (Å²) in [6.45, 7) is 5.96. The van der Waals surface area contributed by atoms with Gasteiger partial charge in [-0.3, -0.25) is 4.79 Å². The Kier molecular flexibility index (Phi) is 6.63. The highest BCUT2D eigenvalue weighted by atomic mass is 32.1. The van der Waals surface area contributed by atoms with E-state index in [-0.39, 0.29) is 11.9 Å². The van der Waals surface area contributed by atoms with Crippen molar-refractivity contribution in [2.24, 2.45) is 5.73 Å². The minimum absolute atomic E-state index is 0.226. The topological polar surface area (TPSA) is 66.0 Å². The first-order chi connectivity index (χ1) is 11.5. The summed E-state index contributed by atoms with van der Waals surface area (Å²) in [5.74, 6) is 1.14. The molecule has 0 aliphatic rings. The van der Waals surface area contributed by atoms with E-state index in [0.717, 1.165) is 27.6 Å². The van der Waals surface area contributed by atoms with Crippen LogP contribution in [0.4, 0.5) is 0 Å². The lowest BCUT2D eigenvalue weighted by Gasteiger charge is -2.23. The maximum absolute atomic E-state index is 11.4. The quantitative estimate of drug-likeness (QED) is 0.723. The van der Waals surface area contributed by atoms with Gasteiger partial charge in [-0.15, -0.1) is 11.3 Å². The summed E-state index contributed by atoms with van der Waals surface area (Å²) < 4.78 is 11.3. The Morgan fingerprint density at radius 1 is 1.33 bits per heavy atom. The average molecular weight is 349 g/mol. The Hall–Kier alpha value is -2.05. The van der Waals surface area contributed by atoms with Crippen LogP contribution in [0.5, 0.6) is 11.5 Å². The zero-order valence-corrected chi connectivity index (χ0v) is 15.2. The standard InChI is InChI=1S/C18H24N2O3S/c1-4-20(13(2)18(19)21)11-14-7-8-16(17(10-14)22-3)23-12-15-6-5-9-24-15/h5-10,13H,4,11-12H2,1-3H3,(H2,19,21)/p+1/t13-/m0/s1. The van der Waals surface area contributed by atoms with E-state index in [0.29, 0.717) is 18.9 Å². The maximum Gasteiger partial charge on any atom is 0.275 e. The molecule has 0 bridgehead atoms. The number of nitrogens with one attached hydrogen (secondary N) is 1. The molecular weight excluding hydrogens is 324 g/mol. The number of likely N-dealkylation sites (N-methyl/N-ethyl adjacent to an activating group) is 1. The van der Waals surface area contributed by atoms with E-state index in [9.17, 15) is 4.79 Å². The normalized spacial score (nSPS) is 13.3. The summed E-state index contributed by atoms with van der Waals surface area (Å²) >= 11 is 1.66. The highest BCUT2D eigenvalue weighted by Crippen LogP contribution is 2.29. The molecule has 2 atom stereocenters. The molecule has 0 aliphatic heterocycles. The smallest absolute Gasteiger partial charge is 0.275 e. The summed E-state index contributed by atoms with van der Waals surface area (Å²) in [4.78, 5) is 13.7. The number of thiophene rings is 1. The number of primary amides is 1. The monoisotopic (exact) mass is 349 g/mol. The third kappa shape index (κ3) is 4.72. The number of benzene rings is 1. The summed E-state index contributed by atoms with van der Waals surface area (Å²) in [5.41, 5.74) is 6.51. The van der Waals surface area contributed by atoms with Crippen LogP contribution in [0.25, 0.3) is 0 Å². The largest absolute Gasteiger partial charge is 0.493 e. The molecule has 1 unspecified atom stereocenters. The van der Waals surface area contributed by atoms with Gasteiger partial charge in [0.05, 0.1) is 13.7 Å². The van der Waals surface area contributed by atoms with Gasteiger partial charge in [-0.1, -0.05) is 6.07 Å². The Labute approximate surface area is 147 Å². The van der Waals surface area contributed by atoms with Crippen LogP contribution >= 0.6 is 11.3 Å². The van der Waals surface area contributed by atoms with E-state index >= 15 is 0 Å². The van der Waals surface area contributed by atoms with Gasteiger partial charge in [-0.05, 0) is 43.5 Å². The van der Waals surface area contributed by atoms with Crippen LogP contribution in [0, 0.1) is 0 Å². The van der Waals surface area contributed by atoms with Crippen molar-refractivity contribution >= 4 is 17.2 Å². The fourth-order valence-corrected chi connectivity index (χ4v) is 3.15. The van der Waals surface area contributed by atoms with Crippen LogP contribution in [-0.4, -0.2) is 25.6 Å². The Bertz CT molecular complexity index is 658. The van der Waals surface area contributed by atoms with Crippen LogP contribution in [-0.2, 0) is 17.9 Å². The molecule has 3 N–H and O–H groups in total. The van der Waals surface area contributed by atoms with E-state index in [4.69, 9.17) is 15.2 Å². The van der Waals surface area contributed by atoms with Crippen LogP contribution in [0.15, 0.2) is 35.7 Å². The number of hydrogen-bond acceptors (Lipinski definition) is 4. The van der Waals surface area contributed by atoms with Gasteiger partial charge in [0, 0.05) is 10.4 Å². The second-order valence-corrected chi connectivity index (χ2v) is 6.70. The Balaban J connectivity index is 2.08. The fourth-order valence-electron chi connectivity index (χ4n) is 2.53. The van der Waals surface area contributed by atoms with E-state index in [1.165, 1.54) is 0 Å². The number of amides is 1. The maximum atomic E-state index is 11.4. The van der Waals surface area contributed by atoms with E-state index in [2.05, 4.69) is 0 Å². The molecular formula is C18H25N2O3S+. The second-order valence-electron chi connectivity index (χ2n) is 5.67. The van der Waals surface area contributed by atoms with Crippen molar-refractivity contribution in [3.63, 3.8) is 0 Å². The van der Waals surface area contributed by atoms with E-state index in [1.807, 2.05) is 49.6 Å². The molecule has 2 aromatic rings. The summed E-state index contributed by atoms with van der Waals surface area (Å²) in [6, 6.07) is 9.72. The van der Waals surface area contributed by atoms with Gasteiger partial charge in [-0.25, -0.2) is 0 Å². The number of methoxy groups -OCH3 is 1. The molecule has 0 fully saturated rings. The molecule has 0 spiro atoms. The number of quaternary nitrogens is 1. The molecule has 0 saturated heterocycles. The molecule has 0 radical (unpaired) electrons. The molecule has 1 amide bonds. The van der Waals surface area contributed by atoms with Gasteiger partial charge in [0.2, 0.25) is 0 Å². The molecule has 130 valence electrons. The molecule has 5 nitrogen and oxygen atoms in total. The van der Waals surface area contributed by atoms with Gasteiger partial charge in [0.15, 0.2) is 17.5 Å². The molecule has 1 heterocycles.